The predicted octanol–water partition coefficient (Wildman–Crippen LogP) is 28.3. The Labute approximate surface area is 776 Å². The number of esters is 1. The minimum atomic E-state index is -0.211. The average Bonchev–Trinajstić information content (AvgIpc) is 1.55. The number of fused-ring (bicyclic) bond motifs is 7. The molecule has 664 valence electrons. The number of hydrogen-bond donors (Lipinski definition) is 4. The highest BCUT2D eigenvalue weighted by Gasteiger charge is 2.26. The zero-order chi connectivity index (χ0) is 89.8. The monoisotopic (exact) mass is 1750 g/mol. The number of rotatable bonds is 5. The molecule has 4 aliphatic rings. The minimum absolute atomic E-state index is 0. The number of aliphatic imine (C=N–C) groups is 1. The van der Waals surface area contributed by atoms with Crippen LogP contribution < -0.4 is 10.6 Å². The zero-order valence-electron chi connectivity index (χ0n) is 74.1. The molecule has 0 radical (unpaired) electrons. The minimum Gasteiger partial charge on any atom is -0.469 e. The SMILES string of the molecule is C.C1=Nc2ccccc2C1.C1CCC2NCCCC2C1.C1CCNCC1.COC(=O)Cc1ccc(-c2ccccc2)cc1.Cn1cc(-c2ccccc2)nn1.c1c[nH]cn1.c1ccc(-c2ccccc2)cc1.c1ccc2[nH]ccc2c1.c1ccc2ccccc2c1.c1ccc2ncccc2c1.c1ccc2occc2c1.c1ccc2scnc2c1.c1ccccc1.c1ccncc1. The molecule has 24 rings (SSSR count). The van der Waals surface area contributed by atoms with Crippen LogP contribution in [0.4, 0.5) is 5.69 Å². The van der Waals surface area contributed by atoms with Gasteiger partial charge in [-0.15, -0.1) is 16.4 Å². The maximum Gasteiger partial charge on any atom is 0.309 e. The number of aromatic amines is 2. The van der Waals surface area contributed by atoms with E-state index in [4.69, 9.17) is 4.42 Å². The molecular formula is C115H120N12O3S. The standard InChI is InChI=1S/C15H14O2.C12H10.C10H8.C9H9N3.C9H17N.C9H7N.2C8H7N.C8H6O.C7H5NS.C6H6.C5H11N.C5H5N.C3H4N2.CH4/c1-17-15(16)11-12-7-9-14(10-8-12)13-5-3-2-4-6-13;1-3-7-11(8-4-1)12-9-5-2-6-10-12;1-2-6-10-8-4-3-7-9(10)5-1;1-12-7-9(10-11-12)8-5-3-2-4-6-8;2*1-2-6-9-8(4-1)5-3-7-10-9;3*1-2-4-8-7(3-1)5-6-9-8;1-2-4-7-6(3-1)8-5-9-7;3*1-2-4-6-5-3-1;1-2-5-3-4-1;/h2-10H,11H2,1H3;1-10H;1-8H;2-7H,1H3;8-10H,1-7H2;1-7H;1-4,6H,5H2;1-6,9H;1-6H;1-5H;1-6H;6H,1-5H2;1-5H;1-3H,(H,4,5);1H4. The molecule has 13 aromatic carbocycles. The van der Waals surface area contributed by atoms with E-state index in [1.807, 2.05) is 280 Å². The number of thiazole rings is 1. The number of pyridine rings is 2. The van der Waals surface area contributed by atoms with Crippen molar-refractivity contribution in [1.29, 1.82) is 0 Å². The Balaban J connectivity index is 0.000000148. The summed E-state index contributed by atoms with van der Waals surface area (Å²) in [7, 11) is 3.26. The first-order chi connectivity index (χ1) is 64.4. The molecule has 1 aliphatic carbocycles. The number of carbonyl (C=O) groups excluding carboxylic acids is 1. The summed E-state index contributed by atoms with van der Waals surface area (Å²) in [6.07, 6.45) is 32.3. The molecule has 2 unspecified atom stereocenters. The molecule has 20 aromatic rings. The Bertz CT molecular complexity index is 5690. The van der Waals surface area contributed by atoms with Gasteiger partial charge < -0.3 is 29.8 Å². The normalized spacial score (nSPS) is 12.9. The van der Waals surface area contributed by atoms with Crippen LogP contribution in [0, 0.1) is 5.92 Å². The van der Waals surface area contributed by atoms with Crippen LogP contribution in [-0.2, 0) is 29.4 Å². The lowest BCUT2D eigenvalue weighted by Crippen LogP contribution is -2.42. The summed E-state index contributed by atoms with van der Waals surface area (Å²) in [4.78, 5) is 36.9. The van der Waals surface area contributed by atoms with E-state index < -0.39 is 0 Å². The van der Waals surface area contributed by atoms with E-state index in [-0.39, 0.29) is 13.4 Å². The number of furan rings is 1. The third-order valence-corrected chi connectivity index (χ3v) is 21.7. The van der Waals surface area contributed by atoms with Crippen molar-refractivity contribution < 1.29 is 13.9 Å². The van der Waals surface area contributed by atoms with Crippen molar-refractivity contribution in [3.63, 3.8) is 0 Å². The van der Waals surface area contributed by atoms with E-state index in [0.29, 0.717) is 6.42 Å². The number of hydrogen-bond acceptors (Lipinski definition) is 13. The second-order valence-electron chi connectivity index (χ2n) is 30.2. The van der Waals surface area contributed by atoms with E-state index in [0.717, 1.165) is 68.5 Å². The first-order valence-corrected chi connectivity index (χ1v) is 45.3. The van der Waals surface area contributed by atoms with Gasteiger partial charge in [0.2, 0.25) is 0 Å². The number of nitrogens with one attached hydrogen (secondary N) is 4. The van der Waals surface area contributed by atoms with Crippen LogP contribution in [0.25, 0.3) is 87.3 Å². The van der Waals surface area contributed by atoms with Gasteiger partial charge in [0.25, 0.3) is 0 Å². The van der Waals surface area contributed by atoms with Gasteiger partial charge in [-0.25, -0.2) is 9.97 Å². The van der Waals surface area contributed by atoms with Crippen LogP contribution in [0.1, 0.15) is 76.3 Å². The van der Waals surface area contributed by atoms with Crippen molar-refractivity contribution in [3.05, 3.63) is 467 Å². The molecule has 1 saturated carbocycles. The molecule has 3 fully saturated rings. The number of aromatic nitrogens is 9. The molecular weight excluding hydrogens is 1630 g/mol. The van der Waals surface area contributed by atoms with Crippen LogP contribution >= 0.6 is 11.3 Å². The van der Waals surface area contributed by atoms with Crippen LogP contribution in [-0.4, -0.2) is 89.9 Å². The van der Waals surface area contributed by atoms with Gasteiger partial charge in [-0.05, 0) is 180 Å². The highest BCUT2D eigenvalue weighted by atomic mass is 32.1. The summed E-state index contributed by atoms with van der Waals surface area (Å²) < 4.78 is 12.7. The highest BCUT2D eigenvalue weighted by molar-refractivity contribution is 7.16. The lowest BCUT2D eigenvalue weighted by molar-refractivity contribution is -0.139. The number of para-hydroxylation sites is 5. The Morgan fingerprint density at radius 1 is 0.443 bits per heavy atom. The largest absolute Gasteiger partial charge is 0.469 e. The average molecular weight is 1750 g/mol. The predicted molar refractivity (Wildman–Crippen MR) is 550 cm³/mol. The number of nitrogens with zero attached hydrogens (tertiary/aromatic N) is 8. The van der Waals surface area contributed by atoms with E-state index in [1.54, 1.807) is 53.4 Å². The maximum absolute atomic E-state index is 11.1. The lowest BCUT2D eigenvalue weighted by Gasteiger charge is -2.36. The number of aryl methyl sites for hydroxylation is 1. The smallest absolute Gasteiger partial charge is 0.309 e. The maximum atomic E-state index is 11.1. The molecule has 0 amide bonds. The summed E-state index contributed by atoms with van der Waals surface area (Å²) in [5.41, 5.74) is 16.5. The van der Waals surface area contributed by atoms with Crippen molar-refractivity contribution in [2.45, 2.75) is 84.1 Å². The molecule has 7 aromatic heterocycles. The van der Waals surface area contributed by atoms with Gasteiger partial charge in [0.1, 0.15) is 11.3 Å². The van der Waals surface area contributed by atoms with Crippen LogP contribution in [0.2, 0.25) is 0 Å². The quantitative estimate of drug-likeness (QED) is 0.120. The summed E-state index contributed by atoms with van der Waals surface area (Å²) in [6.45, 7) is 3.78. The summed E-state index contributed by atoms with van der Waals surface area (Å²) in [6, 6.07) is 133. The molecule has 4 N–H and O–H groups in total. The number of benzene rings is 13. The Kier molecular flexibility index (Phi) is 44.9. The fourth-order valence-corrected chi connectivity index (χ4v) is 14.8. The number of methoxy groups -OCH3 is 1. The van der Waals surface area contributed by atoms with E-state index in [9.17, 15) is 4.79 Å². The van der Waals surface area contributed by atoms with Crippen molar-refractivity contribution in [2.24, 2.45) is 18.0 Å². The van der Waals surface area contributed by atoms with E-state index in [2.05, 4.69) is 212 Å². The molecule has 2 saturated heterocycles. The number of ether oxygens (including phenoxy) is 1. The summed E-state index contributed by atoms with van der Waals surface area (Å²) >= 11 is 1.68. The Morgan fingerprint density at radius 3 is 1.49 bits per heavy atom. The Hall–Kier alpha value is -14.9. The van der Waals surface area contributed by atoms with Crippen LogP contribution in [0.3, 0.4) is 0 Å². The van der Waals surface area contributed by atoms with Crippen molar-refractivity contribution in [1.82, 2.24) is 55.5 Å². The number of piperidine rings is 2. The van der Waals surface area contributed by atoms with Gasteiger partial charge >= 0.3 is 5.97 Å². The molecule has 16 heteroatoms. The zero-order valence-corrected chi connectivity index (χ0v) is 75.0. The second-order valence-corrected chi connectivity index (χ2v) is 31.1. The number of imidazole rings is 1. The van der Waals surface area contributed by atoms with E-state index >= 15 is 0 Å². The molecule has 3 aliphatic heterocycles. The van der Waals surface area contributed by atoms with Gasteiger partial charge in [0.15, 0.2) is 0 Å². The highest BCUT2D eigenvalue weighted by Crippen LogP contribution is 2.31. The first kappa shape index (κ1) is 98.2. The van der Waals surface area contributed by atoms with Crippen molar-refractivity contribution >= 4 is 83.0 Å². The van der Waals surface area contributed by atoms with Gasteiger partial charge in [-0.1, -0.05) is 359 Å². The van der Waals surface area contributed by atoms with Gasteiger partial charge in [0.05, 0.1) is 59.2 Å². The van der Waals surface area contributed by atoms with E-state index in [1.165, 1.54) is 139 Å². The third kappa shape index (κ3) is 37.1. The number of H-pyrrole nitrogens is 2. The molecule has 10 heterocycles. The van der Waals surface area contributed by atoms with Crippen molar-refractivity contribution in [2.75, 3.05) is 26.7 Å². The first-order valence-electron chi connectivity index (χ1n) is 44.4. The fourth-order valence-electron chi connectivity index (χ4n) is 14.1. The van der Waals surface area contributed by atoms with Gasteiger partial charge in [-0.2, -0.15) is 0 Å². The molecule has 0 bridgehead atoms. The van der Waals surface area contributed by atoms with Crippen LogP contribution in [0.15, 0.2) is 465 Å². The number of carbonyl (C=O) groups is 1. The summed E-state index contributed by atoms with van der Waals surface area (Å²) in [5.74, 6) is 0.833. The van der Waals surface area contributed by atoms with Crippen molar-refractivity contribution in [3.8, 4) is 33.5 Å². The molecule has 15 nitrogen and oxygen atoms in total. The lowest BCUT2D eigenvalue weighted by atomic mass is 9.80. The van der Waals surface area contributed by atoms with Gasteiger partial charge in [0, 0.05) is 84.8 Å². The molecule has 131 heavy (non-hydrogen) atoms. The van der Waals surface area contributed by atoms with Crippen LogP contribution in [0.5, 0.6) is 0 Å². The third-order valence-electron chi connectivity index (χ3n) is 20.9. The summed E-state index contributed by atoms with van der Waals surface area (Å²) in [5, 5.41) is 21.0. The molecule has 2 atom stereocenters. The molecule has 0 spiro atoms. The fraction of sp³-hybridized carbons (Fsp3) is 0.165. The topological polar surface area (TPSA) is 190 Å². The van der Waals surface area contributed by atoms with Gasteiger partial charge in [-0.3, -0.25) is 24.4 Å². The Morgan fingerprint density at radius 2 is 0.969 bits per heavy atom. The second kappa shape index (κ2) is 59.9.